The van der Waals surface area contributed by atoms with Crippen LogP contribution in [-0.2, 0) is 20.1 Å². The molecule has 0 aliphatic carbocycles. The van der Waals surface area contributed by atoms with Gasteiger partial charge >= 0.3 is 6.18 Å². The second-order valence-electron chi connectivity index (χ2n) is 7.98. The maximum Gasteiger partial charge on any atom is 0.435 e. The van der Waals surface area contributed by atoms with Crippen LogP contribution in [0.25, 0.3) is 0 Å². The lowest BCUT2D eigenvalue weighted by Gasteiger charge is -2.29. The highest BCUT2D eigenvalue weighted by molar-refractivity contribution is 6.34. The maximum absolute atomic E-state index is 14.2. The Morgan fingerprint density at radius 3 is 2.51 bits per heavy atom. The predicted octanol–water partition coefficient (Wildman–Crippen LogP) is 4.52. The van der Waals surface area contributed by atoms with Gasteiger partial charge in [-0.05, 0) is 44.2 Å². The summed E-state index contributed by atoms with van der Waals surface area (Å²) < 4.78 is 42.5. The molecule has 1 aromatic carbocycles. The molecular formula is C22H19Cl2F3N4O4. The molecule has 8 nitrogen and oxygen atoms in total. The molecule has 0 bridgehead atoms. The van der Waals surface area contributed by atoms with Gasteiger partial charge in [-0.1, -0.05) is 28.4 Å². The van der Waals surface area contributed by atoms with Crippen LogP contribution in [0, 0.1) is 6.92 Å². The van der Waals surface area contributed by atoms with Crippen LogP contribution in [0.15, 0.2) is 35.5 Å². The molecule has 13 heteroatoms. The van der Waals surface area contributed by atoms with Crippen molar-refractivity contribution in [2.24, 2.45) is 5.16 Å². The molecule has 1 N–H and O–H groups in total. The first-order valence-electron chi connectivity index (χ1n) is 10.5. The van der Waals surface area contributed by atoms with E-state index in [-0.39, 0.29) is 50.6 Å². The molecule has 1 saturated heterocycles. The number of pyridine rings is 1. The van der Waals surface area contributed by atoms with E-state index in [0.717, 1.165) is 17.2 Å². The molecule has 35 heavy (non-hydrogen) atoms. The fraction of sp³-hybridized carbons (Fsp3) is 0.364. The van der Waals surface area contributed by atoms with E-state index in [0.29, 0.717) is 6.54 Å². The van der Waals surface area contributed by atoms with Crippen LogP contribution >= 0.6 is 23.2 Å². The van der Waals surface area contributed by atoms with E-state index < -0.39 is 30.3 Å². The molecule has 0 radical (unpaired) electrons. The average molecular weight is 531 g/mol. The summed E-state index contributed by atoms with van der Waals surface area (Å²) in [4.78, 5) is 39.0. The second-order valence-corrected chi connectivity index (χ2v) is 8.85. The number of carbonyl (C=O) groups excluding carboxylic acids is 2. The fourth-order valence-corrected chi connectivity index (χ4v) is 4.38. The number of rotatable bonds is 5. The van der Waals surface area contributed by atoms with Crippen molar-refractivity contribution in [1.82, 2.24) is 15.4 Å². The third-order valence-electron chi connectivity index (χ3n) is 5.61. The van der Waals surface area contributed by atoms with Gasteiger partial charge in [0.15, 0.2) is 6.23 Å². The predicted molar refractivity (Wildman–Crippen MR) is 120 cm³/mol. The number of nitrogens with zero attached hydrogens (tertiary/aromatic N) is 3. The minimum Gasteiger partial charge on any atom is -0.374 e. The highest BCUT2D eigenvalue weighted by atomic mass is 35.5. The number of hydrogen-bond acceptors (Lipinski definition) is 6. The Kier molecular flexibility index (Phi) is 6.69. The van der Waals surface area contributed by atoms with Crippen molar-refractivity contribution in [2.75, 3.05) is 6.54 Å². The zero-order valence-corrected chi connectivity index (χ0v) is 20.0. The SMILES string of the molecule is CCN1O[C@@H](NC(=O)c2ccc(C3=NOC(c4cc(Cl)cc(Cl)c4)(C(F)(F)F)C3)nc2C)CC1=O. The summed E-state index contributed by atoms with van der Waals surface area (Å²) in [6, 6.07) is 6.35. The van der Waals surface area contributed by atoms with Crippen molar-refractivity contribution in [3.63, 3.8) is 0 Å². The summed E-state index contributed by atoms with van der Waals surface area (Å²) in [5.41, 5.74) is -2.61. The van der Waals surface area contributed by atoms with Crippen molar-refractivity contribution >= 4 is 40.7 Å². The number of hydrogen-bond donors (Lipinski definition) is 1. The monoisotopic (exact) mass is 530 g/mol. The topological polar surface area (TPSA) is 93.1 Å². The third kappa shape index (κ3) is 4.80. The molecule has 0 spiro atoms. The first-order valence-corrected chi connectivity index (χ1v) is 11.2. The summed E-state index contributed by atoms with van der Waals surface area (Å²) in [7, 11) is 0. The number of amides is 2. The van der Waals surface area contributed by atoms with E-state index in [2.05, 4.69) is 15.5 Å². The van der Waals surface area contributed by atoms with E-state index in [1.807, 2.05) is 0 Å². The molecule has 0 saturated carbocycles. The molecule has 1 unspecified atom stereocenters. The summed E-state index contributed by atoms with van der Waals surface area (Å²) in [6.45, 7) is 3.60. The van der Waals surface area contributed by atoms with Gasteiger partial charge in [0, 0.05) is 22.2 Å². The molecule has 1 aromatic heterocycles. The van der Waals surface area contributed by atoms with Crippen LogP contribution in [0.5, 0.6) is 0 Å². The Bertz CT molecular complexity index is 1200. The number of halogens is 5. The Balaban J connectivity index is 1.55. The minimum atomic E-state index is -4.84. The van der Waals surface area contributed by atoms with Gasteiger partial charge in [0.1, 0.15) is 5.71 Å². The number of aryl methyl sites for hydroxylation is 1. The van der Waals surface area contributed by atoms with Crippen molar-refractivity contribution < 1.29 is 32.4 Å². The van der Waals surface area contributed by atoms with Crippen LogP contribution in [0.2, 0.25) is 10.0 Å². The van der Waals surface area contributed by atoms with Crippen LogP contribution in [0.1, 0.15) is 47.1 Å². The Hall–Kier alpha value is -2.89. The first kappa shape index (κ1) is 25.2. The van der Waals surface area contributed by atoms with E-state index in [4.69, 9.17) is 32.9 Å². The number of alkyl halides is 3. The molecule has 2 atom stereocenters. The van der Waals surface area contributed by atoms with Gasteiger partial charge in [-0.2, -0.15) is 13.2 Å². The lowest BCUT2D eigenvalue weighted by Crippen LogP contribution is -2.42. The Morgan fingerprint density at radius 2 is 1.94 bits per heavy atom. The molecule has 2 amide bonds. The van der Waals surface area contributed by atoms with Gasteiger partial charge in [-0.15, -0.1) is 0 Å². The van der Waals surface area contributed by atoms with Crippen LogP contribution in [-0.4, -0.2) is 46.5 Å². The summed E-state index contributed by atoms with van der Waals surface area (Å²) in [6.07, 6.45) is -6.34. The quantitative estimate of drug-likeness (QED) is 0.613. The fourth-order valence-electron chi connectivity index (χ4n) is 3.85. The highest BCUT2D eigenvalue weighted by Gasteiger charge is 2.62. The van der Waals surface area contributed by atoms with Crippen LogP contribution < -0.4 is 5.32 Å². The molecule has 2 aromatic rings. The Labute approximate surface area is 207 Å². The van der Waals surface area contributed by atoms with Crippen molar-refractivity contribution in [2.45, 2.75) is 44.7 Å². The number of hydroxylamine groups is 2. The van der Waals surface area contributed by atoms with E-state index in [9.17, 15) is 22.8 Å². The average Bonchev–Trinajstić information content (AvgIpc) is 3.37. The zero-order chi connectivity index (χ0) is 25.5. The van der Waals surface area contributed by atoms with Crippen molar-refractivity contribution in [3.05, 3.63) is 62.9 Å². The van der Waals surface area contributed by atoms with Crippen molar-refractivity contribution in [3.8, 4) is 0 Å². The normalized spacial score (nSPS) is 22.3. The molecular weight excluding hydrogens is 512 g/mol. The number of oxime groups is 1. The van der Waals surface area contributed by atoms with Gasteiger partial charge in [-0.3, -0.25) is 14.6 Å². The highest BCUT2D eigenvalue weighted by Crippen LogP contribution is 2.49. The maximum atomic E-state index is 14.2. The third-order valence-corrected chi connectivity index (χ3v) is 6.05. The van der Waals surface area contributed by atoms with E-state index in [1.54, 1.807) is 6.92 Å². The lowest BCUT2D eigenvalue weighted by atomic mass is 9.87. The molecule has 186 valence electrons. The lowest BCUT2D eigenvalue weighted by molar-refractivity contribution is -0.275. The molecule has 1 fully saturated rings. The van der Waals surface area contributed by atoms with E-state index in [1.165, 1.54) is 25.1 Å². The van der Waals surface area contributed by atoms with Gasteiger partial charge in [0.2, 0.25) is 0 Å². The molecule has 3 heterocycles. The first-order chi connectivity index (χ1) is 16.4. The zero-order valence-electron chi connectivity index (χ0n) is 18.4. The summed E-state index contributed by atoms with van der Waals surface area (Å²) in [5, 5.41) is 7.46. The number of aromatic nitrogens is 1. The van der Waals surface area contributed by atoms with Crippen LogP contribution in [0.3, 0.4) is 0 Å². The minimum absolute atomic E-state index is 0.00860. The van der Waals surface area contributed by atoms with E-state index >= 15 is 0 Å². The largest absolute Gasteiger partial charge is 0.435 e. The van der Waals surface area contributed by atoms with Gasteiger partial charge in [0.05, 0.1) is 29.8 Å². The summed E-state index contributed by atoms with van der Waals surface area (Å²) in [5.74, 6) is -0.795. The Morgan fingerprint density at radius 1 is 1.26 bits per heavy atom. The summed E-state index contributed by atoms with van der Waals surface area (Å²) >= 11 is 11.8. The molecule has 2 aliphatic rings. The molecule has 4 rings (SSSR count). The van der Waals surface area contributed by atoms with Gasteiger partial charge in [0.25, 0.3) is 17.4 Å². The molecule has 2 aliphatic heterocycles. The second kappa shape index (κ2) is 9.29. The van der Waals surface area contributed by atoms with Gasteiger partial charge in [-0.25, -0.2) is 9.90 Å². The van der Waals surface area contributed by atoms with Gasteiger partial charge < -0.3 is 10.2 Å². The number of benzene rings is 1. The smallest absolute Gasteiger partial charge is 0.374 e. The number of nitrogens with one attached hydrogen (secondary N) is 1. The van der Waals surface area contributed by atoms with Crippen LogP contribution in [0.4, 0.5) is 13.2 Å². The standard InChI is InChI=1S/C22H19Cl2F3N4O4/c1-3-31-19(32)9-18(34-31)29-20(33)15-4-5-16(28-11(15)2)17-10-21(35-30-17,22(25,26)27)12-6-13(23)8-14(24)7-12/h4-8,18H,3,9-10H2,1-2H3,(H,29,33)/t18-,21?/m1/s1. The van der Waals surface area contributed by atoms with Crippen molar-refractivity contribution in [1.29, 1.82) is 0 Å². The number of carbonyl (C=O) groups is 2.